The Bertz CT molecular complexity index is 526. The molecule has 2 heterocycles. The van der Waals surface area contributed by atoms with Gasteiger partial charge < -0.3 is 5.32 Å². The van der Waals surface area contributed by atoms with Crippen LogP contribution in [0.3, 0.4) is 0 Å². The molecule has 0 amide bonds. The third-order valence-electron chi connectivity index (χ3n) is 2.48. The Balaban J connectivity index is 2.11. The summed E-state index contributed by atoms with van der Waals surface area (Å²) in [5, 5.41) is 4.45. The molecule has 0 saturated carbocycles. The first kappa shape index (κ1) is 13.2. The standard InChI is InChI=1S/C14H19N3S/c1-10-5-6-15-12(7-10)13-16-8-11(18-13)9-17-14(2,3)4/h5-8,17H,9H2,1-4H3. The molecule has 0 atom stereocenters. The molecule has 0 bridgehead atoms. The van der Waals surface area contributed by atoms with Crippen LogP contribution in [0.5, 0.6) is 0 Å². The number of nitrogens with one attached hydrogen (secondary N) is 1. The highest BCUT2D eigenvalue weighted by atomic mass is 32.1. The van der Waals surface area contributed by atoms with Crippen molar-refractivity contribution in [3.8, 4) is 10.7 Å². The molecular weight excluding hydrogens is 242 g/mol. The van der Waals surface area contributed by atoms with Gasteiger partial charge in [-0.15, -0.1) is 11.3 Å². The molecule has 2 rings (SSSR count). The van der Waals surface area contributed by atoms with Gasteiger partial charge in [0.05, 0.1) is 5.69 Å². The largest absolute Gasteiger partial charge is 0.307 e. The summed E-state index contributed by atoms with van der Waals surface area (Å²) in [6.45, 7) is 9.42. The smallest absolute Gasteiger partial charge is 0.142 e. The van der Waals surface area contributed by atoms with Crippen molar-refractivity contribution in [1.82, 2.24) is 15.3 Å². The van der Waals surface area contributed by atoms with E-state index in [-0.39, 0.29) is 5.54 Å². The molecule has 0 unspecified atom stereocenters. The Labute approximate surface area is 112 Å². The first-order valence-electron chi connectivity index (χ1n) is 6.07. The van der Waals surface area contributed by atoms with E-state index in [1.807, 2.05) is 18.5 Å². The second-order valence-corrected chi connectivity index (χ2v) is 6.57. The summed E-state index contributed by atoms with van der Waals surface area (Å²) in [5.74, 6) is 0. The maximum atomic E-state index is 4.44. The average Bonchev–Trinajstić information content (AvgIpc) is 2.74. The van der Waals surface area contributed by atoms with E-state index in [1.54, 1.807) is 11.3 Å². The van der Waals surface area contributed by atoms with Crippen molar-refractivity contribution in [3.05, 3.63) is 35.0 Å². The van der Waals surface area contributed by atoms with Crippen LogP contribution < -0.4 is 5.32 Å². The van der Waals surface area contributed by atoms with Crippen molar-refractivity contribution in [2.75, 3.05) is 0 Å². The Kier molecular flexibility index (Phi) is 3.78. The predicted octanol–water partition coefficient (Wildman–Crippen LogP) is 3.40. The molecule has 0 aliphatic carbocycles. The third kappa shape index (κ3) is 3.62. The molecule has 0 spiro atoms. The van der Waals surface area contributed by atoms with Gasteiger partial charge in [0.1, 0.15) is 5.01 Å². The summed E-state index contributed by atoms with van der Waals surface area (Å²) < 4.78 is 0. The Morgan fingerprint density at radius 3 is 2.72 bits per heavy atom. The third-order valence-corrected chi connectivity index (χ3v) is 3.50. The molecule has 3 nitrogen and oxygen atoms in total. The van der Waals surface area contributed by atoms with E-state index >= 15 is 0 Å². The zero-order valence-electron chi connectivity index (χ0n) is 11.3. The van der Waals surface area contributed by atoms with Crippen LogP contribution in [-0.4, -0.2) is 15.5 Å². The first-order valence-corrected chi connectivity index (χ1v) is 6.88. The normalized spacial score (nSPS) is 11.8. The van der Waals surface area contributed by atoms with Gasteiger partial charge in [-0.25, -0.2) is 4.98 Å². The highest BCUT2D eigenvalue weighted by Gasteiger charge is 2.11. The van der Waals surface area contributed by atoms with Gasteiger partial charge in [0, 0.05) is 29.4 Å². The zero-order valence-corrected chi connectivity index (χ0v) is 12.1. The molecule has 18 heavy (non-hydrogen) atoms. The molecule has 0 aliphatic heterocycles. The summed E-state index contributed by atoms with van der Waals surface area (Å²) >= 11 is 1.70. The van der Waals surface area contributed by atoms with Crippen molar-refractivity contribution in [3.63, 3.8) is 0 Å². The fourth-order valence-corrected chi connectivity index (χ4v) is 2.33. The molecule has 4 heteroatoms. The second kappa shape index (κ2) is 5.16. The van der Waals surface area contributed by atoms with Gasteiger partial charge in [-0.1, -0.05) is 0 Å². The minimum Gasteiger partial charge on any atom is -0.307 e. The van der Waals surface area contributed by atoms with E-state index in [0.29, 0.717) is 0 Å². The lowest BCUT2D eigenvalue weighted by atomic mass is 10.1. The first-order chi connectivity index (χ1) is 8.44. The molecular formula is C14H19N3S. The number of nitrogens with zero attached hydrogens (tertiary/aromatic N) is 2. The van der Waals surface area contributed by atoms with E-state index in [0.717, 1.165) is 17.2 Å². The van der Waals surface area contributed by atoms with Crippen molar-refractivity contribution in [1.29, 1.82) is 0 Å². The number of aryl methyl sites for hydroxylation is 1. The topological polar surface area (TPSA) is 37.8 Å². The lowest BCUT2D eigenvalue weighted by Gasteiger charge is -2.19. The molecule has 0 aliphatic rings. The second-order valence-electron chi connectivity index (χ2n) is 5.45. The van der Waals surface area contributed by atoms with Crippen LogP contribution in [0, 0.1) is 6.92 Å². The molecule has 0 aromatic carbocycles. The van der Waals surface area contributed by atoms with Crippen LogP contribution in [0.4, 0.5) is 0 Å². The molecule has 2 aromatic heterocycles. The summed E-state index contributed by atoms with van der Waals surface area (Å²) in [4.78, 5) is 10.0. The van der Waals surface area contributed by atoms with E-state index in [2.05, 4.69) is 49.0 Å². The minimum absolute atomic E-state index is 0.131. The average molecular weight is 261 g/mol. The van der Waals surface area contributed by atoms with Crippen LogP contribution in [0.15, 0.2) is 24.5 Å². The predicted molar refractivity (Wildman–Crippen MR) is 76.7 cm³/mol. The van der Waals surface area contributed by atoms with Gasteiger partial charge in [-0.3, -0.25) is 4.98 Å². The van der Waals surface area contributed by atoms with E-state index in [4.69, 9.17) is 0 Å². The fraction of sp³-hybridized carbons (Fsp3) is 0.429. The van der Waals surface area contributed by atoms with Gasteiger partial charge in [-0.05, 0) is 45.4 Å². The van der Waals surface area contributed by atoms with Crippen molar-refractivity contribution in [2.45, 2.75) is 39.8 Å². The summed E-state index contributed by atoms with van der Waals surface area (Å²) in [5.41, 5.74) is 2.30. The Hall–Kier alpha value is -1.26. The Morgan fingerprint density at radius 2 is 2.06 bits per heavy atom. The maximum Gasteiger partial charge on any atom is 0.142 e. The van der Waals surface area contributed by atoms with Crippen molar-refractivity contribution in [2.24, 2.45) is 0 Å². The molecule has 0 radical (unpaired) electrons. The Morgan fingerprint density at radius 1 is 1.28 bits per heavy atom. The van der Waals surface area contributed by atoms with Gasteiger partial charge in [0.25, 0.3) is 0 Å². The molecule has 2 aromatic rings. The van der Waals surface area contributed by atoms with Crippen LogP contribution >= 0.6 is 11.3 Å². The van der Waals surface area contributed by atoms with Gasteiger partial charge in [-0.2, -0.15) is 0 Å². The number of rotatable bonds is 3. The number of aromatic nitrogens is 2. The van der Waals surface area contributed by atoms with Crippen LogP contribution in [0.25, 0.3) is 10.7 Å². The van der Waals surface area contributed by atoms with Gasteiger partial charge in [0.15, 0.2) is 0 Å². The van der Waals surface area contributed by atoms with Crippen LogP contribution in [-0.2, 0) is 6.54 Å². The molecule has 96 valence electrons. The van der Waals surface area contributed by atoms with Crippen molar-refractivity contribution < 1.29 is 0 Å². The monoisotopic (exact) mass is 261 g/mol. The molecule has 1 N–H and O–H groups in total. The van der Waals surface area contributed by atoms with Crippen molar-refractivity contribution >= 4 is 11.3 Å². The highest BCUT2D eigenvalue weighted by molar-refractivity contribution is 7.14. The summed E-state index contributed by atoms with van der Waals surface area (Å²) in [6.07, 6.45) is 3.77. The van der Waals surface area contributed by atoms with Crippen LogP contribution in [0.1, 0.15) is 31.2 Å². The van der Waals surface area contributed by atoms with E-state index < -0.39 is 0 Å². The SMILES string of the molecule is Cc1ccnc(-c2ncc(CNC(C)(C)C)s2)c1. The number of pyridine rings is 1. The minimum atomic E-state index is 0.131. The summed E-state index contributed by atoms with van der Waals surface area (Å²) in [7, 11) is 0. The summed E-state index contributed by atoms with van der Waals surface area (Å²) in [6, 6.07) is 4.07. The zero-order chi connectivity index (χ0) is 13.2. The van der Waals surface area contributed by atoms with Gasteiger partial charge in [0.2, 0.25) is 0 Å². The van der Waals surface area contributed by atoms with Crippen LogP contribution in [0.2, 0.25) is 0 Å². The maximum absolute atomic E-state index is 4.44. The van der Waals surface area contributed by atoms with Gasteiger partial charge >= 0.3 is 0 Å². The van der Waals surface area contributed by atoms with E-state index in [9.17, 15) is 0 Å². The fourth-order valence-electron chi connectivity index (χ4n) is 1.51. The lowest BCUT2D eigenvalue weighted by molar-refractivity contribution is 0.426. The quantitative estimate of drug-likeness (QED) is 0.920. The molecule has 0 fully saturated rings. The molecule has 0 saturated heterocycles. The number of thiazole rings is 1. The number of hydrogen-bond acceptors (Lipinski definition) is 4. The highest BCUT2D eigenvalue weighted by Crippen LogP contribution is 2.24. The lowest BCUT2D eigenvalue weighted by Crippen LogP contribution is -2.34. The number of hydrogen-bond donors (Lipinski definition) is 1. The van der Waals surface area contributed by atoms with E-state index in [1.165, 1.54) is 10.4 Å².